The molecule has 1 saturated heterocycles. The number of carbonyl (C=O) groups is 1. The lowest BCUT2D eigenvalue weighted by Gasteiger charge is -2.31. The van der Waals surface area contributed by atoms with E-state index in [1.54, 1.807) is 23.5 Å². The zero-order valence-electron chi connectivity index (χ0n) is 17.5. The van der Waals surface area contributed by atoms with Crippen molar-refractivity contribution in [3.8, 4) is 11.3 Å². The number of piperidine rings is 1. The minimum atomic E-state index is -0.301. The van der Waals surface area contributed by atoms with Gasteiger partial charge in [0.2, 0.25) is 0 Å². The second-order valence-corrected chi connectivity index (χ2v) is 9.40. The van der Waals surface area contributed by atoms with E-state index in [1.165, 1.54) is 28.1 Å². The Hall–Kier alpha value is -2.37. The Morgan fingerprint density at radius 3 is 2.40 bits per heavy atom. The highest BCUT2D eigenvalue weighted by Gasteiger charge is 2.26. The molecular weight excluding hydrogens is 395 g/mol. The number of aryl methyl sites for hydroxylation is 2. The van der Waals surface area contributed by atoms with Gasteiger partial charge in [0.15, 0.2) is 5.78 Å². The number of hydrogen-bond acceptors (Lipinski definition) is 4. The number of thiazole rings is 1. The Morgan fingerprint density at radius 1 is 1.07 bits per heavy atom. The van der Waals surface area contributed by atoms with Gasteiger partial charge in [-0.25, -0.2) is 9.37 Å². The van der Waals surface area contributed by atoms with Crippen molar-refractivity contribution in [3.05, 3.63) is 75.4 Å². The first kappa shape index (κ1) is 20.9. The molecular formula is C25H27FN2OS. The maximum Gasteiger partial charge on any atom is 0.166 e. The molecule has 2 aromatic carbocycles. The minimum absolute atomic E-state index is 0.0421. The Bertz CT molecular complexity index is 1000. The summed E-state index contributed by atoms with van der Waals surface area (Å²) in [6.45, 7) is 7.00. The summed E-state index contributed by atoms with van der Waals surface area (Å²) in [5, 5.41) is 1.10. The van der Waals surface area contributed by atoms with Crippen molar-refractivity contribution in [1.29, 1.82) is 0 Å². The molecule has 0 N–H and O–H groups in total. The molecule has 156 valence electrons. The molecule has 2 heterocycles. The summed E-state index contributed by atoms with van der Waals surface area (Å²) >= 11 is 1.78. The first-order chi connectivity index (χ1) is 14.5. The molecule has 0 bridgehead atoms. The van der Waals surface area contributed by atoms with E-state index in [0.29, 0.717) is 5.56 Å². The number of benzene rings is 2. The van der Waals surface area contributed by atoms with Crippen molar-refractivity contribution in [2.24, 2.45) is 5.92 Å². The van der Waals surface area contributed by atoms with Gasteiger partial charge in [-0.2, -0.15) is 0 Å². The molecule has 4 rings (SSSR count). The predicted octanol–water partition coefficient (Wildman–Crippen LogP) is 5.70. The monoisotopic (exact) mass is 422 g/mol. The average Bonchev–Trinajstić information content (AvgIpc) is 3.14. The third kappa shape index (κ3) is 4.85. The summed E-state index contributed by atoms with van der Waals surface area (Å²) in [6, 6.07) is 14.5. The zero-order valence-corrected chi connectivity index (χ0v) is 18.3. The number of Topliss-reactive ketones (excluding diaryl/α,β-unsaturated/α-hetero) is 1. The van der Waals surface area contributed by atoms with Crippen molar-refractivity contribution in [3.63, 3.8) is 0 Å². The van der Waals surface area contributed by atoms with Crippen LogP contribution in [0.25, 0.3) is 11.3 Å². The summed E-state index contributed by atoms with van der Waals surface area (Å²) in [7, 11) is 0. The number of ketones is 1. The molecule has 0 unspecified atom stereocenters. The second kappa shape index (κ2) is 9.19. The summed E-state index contributed by atoms with van der Waals surface area (Å²) in [6.07, 6.45) is 2.71. The highest BCUT2D eigenvalue weighted by atomic mass is 32.1. The van der Waals surface area contributed by atoms with Gasteiger partial charge in [0, 0.05) is 28.5 Å². The first-order valence-corrected chi connectivity index (χ1v) is 11.4. The molecule has 1 aliphatic rings. The van der Waals surface area contributed by atoms with Gasteiger partial charge in [-0.1, -0.05) is 29.8 Å². The molecule has 0 spiro atoms. The van der Waals surface area contributed by atoms with Crippen molar-refractivity contribution >= 4 is 17.1 Å². The molecule has 1 aromatic heterocycles. The molecule has 0 aliphatic carbocycles. The summed E-state index contributed by atoms with van der Waals surface area (Å²) in [5.41, 5.74) is 4.17. The third-order valence-corrected chi connectivity index (χ3v) is 6.90. The highest BCUT2D eigenvalue weighted by Crippen LogP contribution is 2.29. The van der Waals surface area contributed by atoms with Crippen LogP contribution in [0.5, 0.6) is 0 Å². The van der Waals surface area contributed by atoms with Gasteiger partial charge in [-0.05, 0) is 70.5 Å². The van der Waals surface area contributed by atoms with Crippen LogP contribution in [0.4, 0.5) is 4.39 Å². The molecule has 1 aliphatic heterocycles. The van der Waals surface area contributed by atoms with Gasteiger partial charge in [-0.3, -0.25) is 4.79 Å². The number of halogens is 1. The van der Waals surface area contributed by atoms with Gasteiger partial charge in [0.25, 0.3) is 0 Å². The minimum Gasteiger partial charge on any atom is -0.303 e. The van der Waals surface area contributed by atoms with Crippen LogP contribution in [0.3, 0.4) is 0 Å². The average molecular weight is 423 g/mol. The van der Waals surface area contributed by atoms with Gasteiger partial charge in [-0.15, -0.1) is 11.3 Å². The Labute approximate surface area is 181 Å². The molecule has 0 radical (unpaired) electrons. The van der Waals surface area contributed by atoms with Crippen LogP contribution in [0.1, 0.15) is 38.6 Å². The molecule has 0 amide bonds. The lowest BCUT2D eigenvalue weighted by molar-refractivity contribution is 0.0841. The maximum absolute atomic E-state index is 13.1. The highest BCUT2D eigenvalue weighted by molar-refractivity contribution is 7.12. The number of aromatic nitrogens is 1. The molecule has 1 fully saturated rings. The summed E-state index contributed by atoms with van der Waals surface area (Å²) in [5.74, 6) is -0.112. The van der Waals surface area contributed by atoms with Crippen LogP contribution in [-0.4, -0.2) is 35.3 Å². The van der Waals surface area contributed by atoms with Crippen LogP contribution in [0, 0.1) is 25.6 Å². The van der Waals surface area contributed by atoms with Crippen LogP contribution in [-0.2, 0) is 6.42 Å². The predicted molar refractivity (Wildman–Crippen MR) is 121 cm³/mol. The van der Waals surface area contributed by atoms with Crippen molar-refractivity contribution in [2.75, 3.05) is 19.6 Å². The van der Waals surface area contributed by atoms with Crippen molar-refractivity contribution < 1.29 is 9.18 Å². The first-order valence-electron chi connectivity index (χ1n) is 10.5. The van der Waals surface area contributed by atoms with E-state index >= 15 is 0 Å². The van der Waals surface area contributed by atoms with Gasteiger partial charge in [0.1, 0.15) is 5.82 Å². The van der Waals surface area contributed by atoms with Gasteiger partial charge >= 0.3 is 0 Å². The van der Waals surface area contributed by atoms with Crippen LogP contribution in [0.2, 0.25) is 0 Å². The van der Waals surface area contributed by atoms with E-state index < -0.39 is 0 Å². The Morgan fingerprint density at radius 2 is 1.73 bits per heavy atom. The van der Waals surface area contributed by atoms with Crippen LogP contribution >= 0.6 is 11.3 Å². The quantitative estimate of drug-likeness (QED) is 0.478. The molecule has 30 heavy (non-hydrogen) atoms. The second-order valence-electron chi connectivity index (χ2n) is 8.11. The SMILES string of the molecule is Cc1ccc(-c2nc(C)sc2CCN2CCC(C(=O)c3ccc(F)cc3)CC2)cc1. The van der Waals surface area contributed by atoms with E-state index in [1.807, 2.05) is 0 Å². The Balaban J connectivity index is 1.34. The van der Waals surface area contributed by atoms with E-state index in [4.69, 9.17) is 4.98 Å². The largest absolute Gasteiger partial charge is 0.303 e. The summed E-state index contributed by atoms with van der Waals surface area (Å²) < 4.78 is 13.1. The van der Waals surface area contributed by atoms with Crippen LogP contribution < -0.4 is 0 Å². The van der Waals surface area contributed by atoms with Crippen LogP contribution in [0.15, 0.2) is 48.5 Å². The van der Waals surface area contributed by atoms with Gasteiger partial charge in [0.05, 0.1) is 10.7 Å². The number of nitrogens with zero attached hydrogens (tertiary/aromatic N) is 2. The lowest BCUT2D eigenvalue weighted by atomic mass is 9.89. The molecule has 3 aromatic rings. The molecule has 5 heteroatoms. The third-order valence-electron chi connectivity index (χ3n) is 5.87. The van der Waals surface area contributed by atoms with E-state index in [-0.39, 0.29) is 17.5 Å². The van der Waals surface area contributed by atoms with E-state index in [0.717, 1.165) is 49.6 Å². The molecule has 3 nitrogen and oxygen atoms in total. The topological polar surface area (TPSA) is 33.2 Å². The number of hydrogen-bond donors (Lipinski definition) is 0. The van der Waals surface area contributed by atoms with E-state index in [2.05, 4.69) is 43.0 Å². The maximum atomic E-state index is 13.1. The van der Waals surface area contributed by atoms with Crippen molar-refractivity contribution in [2.45, 2.75) is 33.1 Å². The number of carbonyl (C=O) groups excluding carboxylic acids is 1. The Kier molecular flexibility index (Phi) is 6.40. The fourth-order valence-electron chi connectivity index (χ4n) is 4.10. The zero-order chi connectivity index (χ0) is 21.1. The fraction of sp³-hybridized carbons (Fsp3) is 0.360. The standard InChI is InChI=1S/C25H27FN2OS/c1-17-3-5-19(6-4-17)24-23(30-18(2)27-24)13-16-28-14-11-21(12-15-28)25(29)20-7-9-22(26)10-8-20/h3-10,21H,11-16H2,1-2H3. The molecule has 0 atom stereocenters. The number of likely N-dealkylation sites (tertiary alicyclic amines) is 1. The smallest absolute Gasteiger partial charge is 0.166 e. The molecule has 0 saturated carbocycles. The van der Waals surface area contributed by atoms with Crippen molar-refractivity contribution in [1.82, 2.24) is 9.88 Å². The lowest BCUT2D eigenvalue weighted by Crippen LogP contribution is -2.37. The normalized spacial score (nSPS) is 15.4. The fourth-order valence-corrected chi connectivity index (χ4v) is 5.05. The summed E-state index contributed by atoms with van der Waals surface area (Å²) in [4.78, 5) is 21.2. The van der Waals surface area contributed by atoms with E-state index in [9.17, 15) is 9.18 Å². The van der Waals surface area contributed by atoms with Gasteiger partial charge < -0.3 is 4.90 Å². The number of rotatable bonds is 6.